The molecule has 2 heterocycles. The van der Waals surface area contributed by atoms with Gasteiger partial charge in [0.2, 0.25) is 5.91 Å². The molecule has 0 radical (unpaired) electrons. The summed E-state index contributed by atoms with van der Waals surface area (Å²) in [6.07, 6.45) is -6.66. The maximum Gasteiger partial charge on any atom is 0.420 e. The van der Waals surface area contributed by atoms with E-state index < -0.39 is 35.7 Å². The first-order valence-corrected chi connectivity index (χ1v) is 7.90. The number of hydrogen-bond donors (Lipinski definition) is 2. The molecule has 3 unspecified atom stereocenters. The summed E-state index contributed by atoms with van der Waals surface area (Å²) < 4.78 is 41.5. The maximum atomic E-state index is 13.8. The molecular weight excluding hydrogens is 361 g/mol. The number of carbonyl (C=O) groups is 1. The molecule has 1 amide bonds. The lowest BCUT2D eigenvalue weighted by Gasteiger charge is -2.36. The summed E-state index contributed by atoms with van der Waals surface area (Å²) in [5, 5.41) is 29.5. The number of alkyl halides is 3. The van der Waals surface area contributed by atoms with Crippen LogP contribution < -0.4 is 0 Å². The highest BCUT2D eigenvalue weighted by atomic mass is 35.5. The molecule has 0 aromatic heterocycles. The van der Waals surface area contributed by atoms with Crippen molar-refractivity contribution in [1.29, 1.82) is 5.26 Å². The normalized spacial score (nSPS) is 32.0. The number of aliphatic hydroxyl groups is 2. The van der Waals surface area contributed by atoms with Crippen LogP contribution in [0.3, 0.4) is 0 Å². The van der Waals surface area contributed by atoms with Gasteiger partial charge in [-0.1, -0.05) is 17.7 Å². The third kappa shape index (κ3) is 2.26. The predicted molar refractivity (Wildman–Crippen MR) is 80.8 cm³/mol. The number of aliphatic hydroxyl groups excluding tert-OH is 1. The van der Waals surface area contributed by atoms with Crippen molar-refractivity contribution >= 4 is 17.5 Å². The van der Waals surface area contributed by atoms with Gasteiger partial charge in [0.05, 0.1) is 22.7 Å². The summed E-state index contributed by atoms with van der Waals surface area (Å²) in [7, 11) is 0. The SMILES string of the molecule is Cc1c(C2C(=O)N3CC[C@H](O)C3C2(O)C(F)(F)F)ccc(C#N)c1Cl. The zero-order valence-electron chi connectivity index (χ0n) is 13.0. The van der Waals surface area contributed by atoms with E-state index in [9.17, 15) is 28.2 Å². The Morgan fingerprint density at radius 1 is 1.44 bits per heavy atom. The Labute approximate surface area is 146 Å². The fourth-order valence-corrected chi connectivity index (χ4v) is 4.09. The fourth-order valence-electron chi connectivity index (χ4n) is 3.88. The van der Waals surface area contributed by atoms with E-state index in [-0.39, 0.29) is 34.7 Å². The van der Waals surface area contributed by atoms with Crippen LogP contribution in [-0.2, 0) is 4.79 Å². The van der Waals surface area contributed by atoms with E-state index in [1.807, 2.05) is 6.07 Å². The highest BCUT2D eigenvalue weighted by Crippen LogP contribution is 2.54. The average molecular weight is 375 g/mol. The number of hydrogen-bond acceptors (Lipinski definition) is 4. The standard InChI is InChI=1S/C16H14ClF3N2O3/c1-7-9(3-2-8(6-21)12(7)17)11-14(24)22-5-4-10(23)13(22)15(11,25)16(18,19)20/h2-3,10-11,13,23,25H,4-5H2,1H3/t10-,11?,13?,15?/m0/s1. The summed E-state index contributed by atoms with van der Waals surface area (Å²) in [6, 6.07) is 2.46. The monoisotopic (exact) mass is 374 g/mol. The highest BCUT2D eigenvalue weighted by Gasteiger charge is 2.74. The molecular formula is C16H14ClF3N2O3. The Hall–Kier alpha value is -1.82. The number of benzene rings is 1. The summed E-state index contributed by atoms with van der Waals surface area (Å²) >= 11 is 6.02. The first-order chi connectivity index (χ1) is 11.6. The number of nitriles is 1. The quantitative estimate of drug-likeness (QED) is 0.786. The van der Waals surface area contributed by atoms with E-state index in [0.717, 1.165) is 4.90 Å². The van der Waals surface area contributed by atoms with Crippen molar-refractivity contribution in [3.8, 4) is 6.07 Å². The Bertz CT molecular complexity index is 792. The van der Waals surface area contributed by atoms with Crippen molar-refractivity contribution in [2.45, 2.75) is 43.2 Å². The number of nitrogens with zero attached hydrogens (tertiary/aromatic N) is 2. The lowest BCUT2D eigenvalue weighted by molar-refractivity contribution is -0.276. The molecule has 2 N–H and O–H groups in total. The van der Waals surface area contributed by atoms with Crippen molar-refractivity contribution in [3.05, 3.63) is 33.8 Å². The van der Waals surface area contributed by atoms with Gasteiger partial charge in [0.1, 0.15) is 12.0 Å². The smallest absolute Gasteiger partial charge is 0.391 e. The molecule has 1 aromatic carbocycles. The molecule has 1 aromatic rings. The first kappa shape index (κ1) is 18.0. The number of halogens is 4. The van der Waals surface area contributed by atoms with E-state index in [1.54, 1.807) is 0 Å². The van der Waals surface area contributed by atoms with Gasteiger partial charge in [0.15, 0.2) is 5.60 Å². The molecule has 9 heteroatoms. The van der Waals surface area contributed by atoms with Crippen LogP contribution in [0.2, 0.25) is 5.02 Å². The molecule has 4 atom stereocenters. The minimum atomic E-state index is -5.15. The van der Waals surface area contributed by atoms with E-state index in [0.29, 0.717) is 0 Å². The molecule has 2 aliphatic rings. The molecule has 3 rings (SSSR count). The molecule has 5 nitrogen and oxygen atoms in total. The van der Waals surface area contributed by atoms with Crippen molar-refractivity contribution < 1.29 is 28.2 Å². The minimum absolute atomic E-state index is 0.0331. The van der Waals surface area contributed by atoms with Crippen LogP contribution in [0.4, 0.5) is 13.2 Å². The van der Waals surface area contributed by atoms with Gasteiger partial charge in [0.25, 0.3) is 0 Å². The first-order valence-electron chi connectivity index (χ1n) is 7.52. The number of fused-ring (bicyclic) bond motifs is 1. The zero-order chi connectivity index (χ0) is 18.7. The minimum Gasteiger partial charge on any atom is -0.391 e. The van der Waals surface area contributed by atoms with E-state index in [2.05, 4.69) is 0 Å². The van der Waals surface area contributed by atoms with Crippen LogP contribution in [0.1, 0.15) is 29.0 Å². The maximum absolute atomic E-state index is 13.8. The molecule has 134 valence electrons. The van der Waals surface area contributed by atoms with Crippen molar-refractivity contribution in [2.75, 3.05) is 6.54 Å². The molecule has 0 bridgehead atoms. The largest absolute Gasteiger partial charge is 0.420 e. The second-order valence-electron chi connectivity index (χ2n) is 6.34. The lowest BCUT2D eigenvalue weighted by atomic mass is 9.76. The molecule has 0 spiro atoms. The number of carbonyl (C=O) groups excluding carboxylic acids is 1. The van der Waals surface area contributed by atoms with Gasteiger partial charge in [-0.2, -0.15) is 18.4 Å². The Morgan fingerprint density at radius 3 is 2.64 bits per heavy atom. The Morgan fingerprint density at radius 2 is 2.08 bits per heavy atom. The van der Waals surface area contributed by atoms with Crippen molar-refractivity contribution in [1.82, 2.24) is 4.90 Å². The Kier molecular flexibility index (Phi) is 4.02. The van der Waals surface area contributed by atoms with Gasteiger partial charge in [-0.25, -0.2) is 0 Å². The third-order valence-corrected chi connectivity index (χ3v) is 5.59. The van der Waals surface area contributed by atoms with Crippen LogP contribution in [0.5, 0.6) is 0 Å². The summed E-state index contributed by atoms with van der Waals surface area (Å²) in [5.41, 5.74) is -3.36. The molecule has 25 heavy (non-hydrogen) atoms. The number of rotatable bonds is 1. The van der Waals surface area contributed by atoms with Gasteiger partial charge in [-0.3, -0.25) is 4.79 Å². The average Bonchev–Trinajstić information content (AvgIpc) is 3.02. The Balaban J connectivity index is 2.23. The van der Waals surface area contributed by atoms with Crippen LogP contribution >= 0.6 is 11.6 Å². The van der Waals surface area contributed by atoms with Crippen LogP contribution in [0, 0.1) is 18.3 Å². The molecule has 2 saturated heterocycles. The molecule has 2 fully saturated rings. The molecule has 0 aliphatic carbocycles. The van der Waals surface area contributed by atoms with Gasteiger partial charge in [-0.05, 0) is 30.5 Å². The van der Waals surface area contributed by atoms with Crippen molar-refractivity contribution in [2.24, 2.45) is 0 Å². The van der Waals surface area contributed by atoms with Crippen LogP contribution in [0.15, 0.2) is 12.1 Å². The second kappa shape index (κ2) is 5.59. The van der Waals surface area contributed by atoms with E-state index in [4.69, 9.17) is 16.9 Å². The van der Waals surface area contributed by atoms with Gasteiger partial charge in [-0.15, -0.1) is 0 Å². The van der Waals surface area contributed by atoms with Gasteiger partial charge in [0, 0.05) is 6.54 Å². The number of amides is 1. The third-order valence-electron chi connectivity index (χ3n) is 5.10. The van der Waals surface area contributed by atoms with Gasteiger partial charge >= 0.3 is 6.18 Å². The van der Waals surface area contributed by atoms with Crippen molar-refractivity contribution in [3.63, 3.8) is 0 Å². The molecule has 2 aliphatic heterocycles. The topological polar surface area (TPSA) is 84.6 Å². The van der Waals surface area contributed by atoms with E-state index in [1.165, 1.54) is 19.1 Å². The summed E-state index contributed by atoms with van der Waals surface area (Å²) in [5.74, 6) is -2.86. The summed E-state index contributed by atoms with van der Waals surface area (Å²) in [6.45, 7) is 1.32. The van der Waals surface area contributed by atoms with E-state index >= 15 is 0 Å². The predicted octanol–water partition coefficient (Wildman–Crippen LogP) is 1.87. The second-order valence-corrected chi connectivity index (χ2v) is 6.72. The fraction of sp³-hybridized carbons (Fsp3) is 0.500. The van der Waals surface area contributed by atoms with Crippen LogP contribution in [-0.4, -0.2) is 51.5 Å². The van der Waals surface area contributed by atoms with Crippen LogP contribution in [0.25, 0.3) is 0 Å². The lowest BCUT2D eigenvalue weighted by Crippen LogP contribution is -2.59. The highest BCUT2D eigenvalue weighted by molar-refractivity contribution is 6.32. The van der Waals surface area contributed by atoms with Gasteiger partial charge < -0.3 is 15.1 Å². The zero-order valence-corrected chi connectivity index (χ0v) is 13.8. The summed E-state index contributed by atoms with van der Waals surface area (Å²) in [4.78, 5) is 13.5. The molecule has 0 saturated carbocycles.